The van der Waals surface area contributed by atoms with Crippen molar-refractivity contribution < 1.29 is 4.74 Å². The Hall–Kier alpha value is -1.80. The van der Waals surface area contributed by atoms with Crippen LogP contribution in [0.15, 0.2) is 54.6 Å². The van der Waals surface area contributed by atoms with Crippen molar-refractivity contribution >= 4 is 0 Å². The minimum Gasteiger partial charge on any atom is -0.497 e. The summed E-state index contributed by atoms with van der Waals surface area (Å²) in [4.78, 5) is 2.71. The van der Waals surface area contributed by atoms with Gasteiger partial charge in [-0.25, -0.2) is 0 Å². The van der Waals surface area contributed by atoms with Crippen LogP contribution in [0.1, 0.15) is 43.2 Å². The molecule has 2 heteroatoms. The lowest BCUT2D eigenvalue weighted by Crippen LogP contribution is -2.51. The lowest BCUT2D eigenvalue weighted by molar-refractivity contribution is 0.0568. The molecule has 1 aliphatic carbocycles. The number of ether oxygens (including phenoxy) is 1. The zero-order valence-corrected chi connectivity index (χ0v) is 16.0. The zero-order chi connectivity index (χ0) is 17.8. The molecule has 2 atom stereocenters. The van der Waals surface area contributed by atoms with Crippen molar-refractivity contribution in [1.29, 1.82) is 0 Å². The number of piperidine rings is 1. The van der Waals surface area contributed by atoms with E-state index in [1.54, 1.807) is 7.11 Å². The Kier molecular flexibility index (Phi) is 5.31. The lowest BCUT2D eigenvalue weighted by atomic mass is 9.59. The van der Waals surface area contributed by atoms with Crippen molar-refractivity contribution in [2.24, 2.45) is 5.92 Å². The second-order valence-corrected chi connectivity index (χ2v) is 8.12. The van der Waals surface area contributed by atoms with Crippen LogP contribution in [0.5, 0.6) is 5.75 Å². The summed E-state index contributed by atoms with van der Waals surface area (Å²) in [6.07, 6.45) is 7.94. The van der Waals surface area contributed by atoms with E-state index in [4.69, 9.17) is 4.74 Å². The van der Waals surface area contributed by atoms with Crippen LogP contribution in [0.3, 0.4) is 0 Å². The molecule has 1 aliphatic heterocycles. The molecule has 0 aromatic heterocycles. The molecule has 0 spiro atoms. The van der Waals surface area contributed by atoms with Crippen molar-refractivity contribution in [1.82, 2.24) is 4.90 Å². The number of methoxy groups -OCH3 is 1. The quantitative estimate of drug-likeness (QED) is 0.747. The molecule has 2 aromatic carbocycles. The highest BCUT2D eigenvalue weighted by molar-refractivity contribution is 5.35. The van der Waals surface area contributed by atoms with Crippen LogP contribution >= 0.6 is 0 Å². The van der Waals surface area contributed by atoms with E-state index >= 15 is 0 Å². The van der Waals surface area contributed by atoms with Crippen LogP contribution in [0.4, 0.5) is 0 Å². The van der Waals surface area contributed by atoms with Gasteiger partial charge in [0.05, 0.1) is 7.11 Å². The van der Waals surface area contributed by atoms with Crippen molar-refractivity contribution in [3.05, 3.63) is 65.7 Å². The number of nitrogens with zero attached hydrogens (tertiary/aromatic N) is 1. The lowest BCUT2D eigenvalue weighted by Gasteiger charge is -2.51. The number of fused-ring (bicyclic) bond motifs is 1. The van der Waals surface area contributed by atoms with E-state index in [1.165, 1.54) is 69.3 Å². The van der Waals surface area contributed by atoms with Crippen LogP contribution < -0.4 is 4.74 Å². The Morgan fingerprint density at radius 3 is 2.77 bits per heavy atom. The van der Waals surface area contributed by atoms with Gasteiger partial charge in [0.1, 0.15) is 5.75 Å². The SMILES string of the molecule is COc1cccc([C@@]23CCCC[C@@H]2CN(CCc2ccccc2)CC3)c1. The van der Waals surface area contributed by atoms with Crippen LogP contribution in [-0.2, 0) is 11.8 Å². The fourth-order valence-electron chi connectivity index (χ4n) is 5.26. The van der Waals surface area contributed by atoms with Crippen LogP contribution in [0.25, 0.3) is 0 Å². The van der Waals surface area contributed by atoms with Gasteiger partial charge < -0.3 is 9.64 Å². The Balaban J connectivity index is 1.48. The van der Waals surface area contributed by atoms with E-state index in [2.05, 4.69) is 59.5 Å². The first kappa shape index (κ1) is 17.6. The largest absolute Gasteiger partial charge is 0.497 e. The zero-order valence-electron chi connectivity index (χ0n) is 16.0. The van der Waals surface area contributed by atoms with E-state index in [0.29, 0.717) is 5.41 Å². The fraction of sp³-hybridized carbons (Fsp3) is 0.500. The van der Waals surface area contributed by atoms with Crippen LogP contribution in [0, 0.1) is 5.92 Å². The van der Waals surface area contributed by atoms with Gasteiger partial charge in [-0.1, -0.05) is 55.3 Å². The maximum absolute atomic E-state index is 5.52. The molecule has 2 fully saturated rings. The summed E-state index contributed by atoms with van der Waals surface area (Å²) in [7, 11) is 1.78. The van der Waals surface area contributed by atoms with E-state index < -0.39 is 0 Å². The molecule has 1 saturated carbocycles. The van der Waals surface area contributed by atoms with Crippen LogP contribution in [0.2, 0.25) is 0 Å². The van der Waals surface area contributed by atoms with E-state index in [0.717, 1.165) is 11.7 Å². The topological polar surface area (TPSA) is 12.5 Å². The van der Waals surface area contributed by atoms with Gasteiger partial charge in [-0.2, -0.15) is 0 Å². The van der Waals surface area contributed by atoms with Crippen molar-refractivity contribution in [3.8, 4) is 5.75 Å². The normalized spacial score (nSPS) is 26.3. The molecule has 2 aliphatic rings. The number of rotatable bonds is 5. The molecule has 2 nitrogen and oxygen atoms in total. The molecular weight excluding hydrogens is 318 g/mol. The number of likely N-dealkylation sites (tertiary alicyclic amines) is 1. The Morgan fingerprint density at radius 1 is 1.04 bits per heavy atom. The highest BCUT2D eigenvalue weighted by atomic mass is 16.5. The van der Waals surface area contributed by atoms with Gasteiger partial charge in [0, 0.05) is 18.5 Å². The molecular formula is C24H31NO. The summed E-state index contributed by atoms with van der Waals surface area (Å²) in [6.45, 7) is 3.67. The summed E-state index contributed by atoms with van der Waals surface area (Å²) < 4.78 is 5.52. The molecule has 0 amide bonds. The summed E-state index contributed by atoms with van der Waals surface area (Å²) in [5.74, 6) is 1.79. The summed E-state index contributed by atoms with van der Waals surface area (Å²) in [5, 5.41) is 0. The second kappa shape index (κ2) is 7.84. The van der Waals surface area contributed by atoms with Gasteiger partial charge in [0.25, 0.3) is 0 Å². The highest BCUT2D eigenvalue weighted by Crippen LogP contribution is 2.49. The van der Waals surface area contributed by atoms with E-state index in [-0.39, 0.29) is 0 Å². The number of benzene rings is 2. The average Bonchev–Trinajstić information content (AvgIpc) is 2.73. The molecule has 1 heterocycles. The Bertz CT molecular complexity index is 713. The van der Waals surface area contributed by atoms with Gasteiger partial charge in [0.2, 0.25) is 0 Å². The Labute approximate surface area is 158 Å². The molecule has 2 aromatic rings. The molecule has 1 saturated heterocycles. The first-order valence-corrected chi connectivity index (χ1v) is 10.2. The standard InChI is InChI=1S/C24H31NO/c1-26-23-12-7-11-21(18-23)24-14-6-5-10-22(24)19-25(17-15-24)16-13-20-8-3-2-4-9-20/h2-4,7-9,11-12,18,22H,5-6,10,13-17,19H2,1H3/t22-,24+/m1/s1. The molecule has 0 N–H and O–H groups in total. The third-order valence-corrected chi connectivity index (χ3v) is 6.76. The monoisotopic (exact) mass is 349 g/mol. The molecule has 4 rings (SSSR count). The highest BCUT2D eigenvalue weighted by Gasteiger charge is 2.45. The predicted molar refractivity (Wildman–Crippen MR) is 108 cm³/mol. The van der Waals surface area contributed by atoms with E-state index in [1.807, 2.05) is 0 Å². The Morgan fingerprint density at radius 2 is 1.92 bits per heavy atom. The third-order valence-electron chi connectivity index (χ3n) is 6.76. The fourth-order valence-corrected chi connectivity index (χ4v) is 5.26. The number of hydrogen-bond acceptors (Lipinski definition) is 2. The van der Waals surface area contributed by atoms with Gasteiger partial charge >= 0.3 is 0 Å². The van der Waals surface area contributed by atoms with Gasteiger partial charge in [-0.3, -0.25) is 0 Å². The van der Waals surface area contributed by atoms with Gasteiger partial charge in [-0.15, -0.1) is 0 Å². The van der Waals surface area contributed by atoms with Crippen LogP contribution in [-0.4, -0.2) is 31.6 Å². The minimum atomic E-state index is 0.371. The first-order valence-electron chi connectivity index (χ1n) is 10.2. The van der Waals surface area contributed by atoms with Crippen molar-refractivity contribution in [3.63, 3.8) is 0 Å². The predicted octanol–water partition coefficient (Wildman–Crippen LogP) is 5.07. The summed E-state index contributed by atoms with van der Waals surface area (Å²) in [6, 6.07) is 19.8. The molecule has 26 heavy (non-hydrogen) atoms. The van der Waals surface area contributed by atoms with Gasteiger partial charge in [-0.05, 0) is 61.4 Å². The first-order chi connectivity index (χ1) is 12.8. The molecule has 138 valence electrons. The van der Waals surface area contributed by atoms with Crippen molar-refractivity contribution in [2.75, 3.05) is 26.7 Å². The average molecular weight is 350 g/mol. The second-order valence-electron chi connectivity index (χ2n) is 8.12. The summed E-state index contributed by atoms with van der Waals surface area (Å²) in [5.41, 5.74) is 3.35. The maximum atomic E-state index is 5.52. The maximum Gasteiger partial charge on any atom is 0.119 e. The minimum absolute atomic E-state index is 0.371. The molecule has 0 radical (unpaired) electrons. The molecule has 0 bridgehead atoms. The van der Waals surface area contributed by atoms with Gasteiger partial charge in [0.15, 0.2) is 0 Å². The smallest absolute Gasteiger partial charge is 0.119 e. The molecule has 0 unspecified atom stereocenters. The third kappa shape index (κ3) is 3.53. The van der Waals surface area contributed by atoms with Crippen molar-refractivity contribution in [2.45, 2.75) is 43.9 Å². The number of hydrogen-bond donors (Lipinski definition) is 0. The summed E-state index contributed by atoms with van der Waals surface area (Å²) >= 11 is 0. The van der Waals surface area contributed by atoms with E-state index in [9.17, 15) is 0 Å².